The van der Waals surface area contributed by atoms with Crippen molar-refractivity contribution in [2.45, 2.75) is 6.92 Å². The second-order valence-electron chi connectivity index (χ2n) is 1.98. The molecule has 0 heterocycles. The number of primary sulfonamides is 1. The van der Waals surface area contributed by atoms with Gasteiger partial charge in [-0.1, -0.05) is 0 Å². The number of sulfonamides is 1. The Bertz CT molecular complexity index is 285. The molecule has 0 aromatic rings. The molecule has 0 saturated carbocycles. The maximum absolute atomic E-state index is 10.7. The topological polar surface area (TPSA) is 98.5 Å². The molecule has 0 spiro atoms. The predicted molar refractivity (Wildman–Crippen MR) is 44.4 cm³/mol. The van der Waals surface area contributed by atoms with E-state index in [0.717, 1.165) is 6.21 Å². The third-order valence-corrected chi connectivity index (χ3v) is 1.98. The van der Waals surface area contributed by atoms with E-state index in [-0.39, 0.29) is 10.6 Å². The summed E-state index contributed by atoms with van der Waals surface area (Å²) in [5.41, 5.74) is 5.38. The van der Waals surface area contributed by atoms with Crippen LogP contribution in [0.15, 0.2) is 15.6 Å². The van der Waals surface area contributed by atoms with Gasteiger partial charge in [-0.05, 0) is 6.92 Å². The Morgan fingerprint density at radius 2 is 2.00 bits per heavy atom. The molecule has 0 atom stereocenters. The van der Waals surface area contributed by atoms with Gasteiger partial charge in [0.1, 0.15) is 4.91 Å². The summed E-state index contributed by atoms with van der Waals surface area (Å²) in [4.78, 5) is 3.36. The minimum absolute atomic E-state index is 0.137. The molecule has 5 nitrogen and oxygen atoms in total. The average molecular weight is 177 g/mol. The van der Waals surface area contributed by atoms with Gasteiger partial charge in [0, 0.05) is 19.0 Å². The lowest BCUT2D eigenvalue weighted by Gasteiger charge is -1.99. The van der Waals surface area contributed by atoms with Gasteiger partial charge in [-0.2, -0.15) is 0 Å². The molecule has 0 aliphatic heterocycles. The Morgan fingerprint density at radius 3 is 2.09 bits per heavy atom. The Labute approximate surface area is 65.8 Å². The summed E-state index contributed by atoms with van der Waals surface area (Å²) in [6.07, 6.45) is 1.12. The maximum atomic E-state index is 10.7. The molecule has 64 valence electrons. The van der Waals surface area contributed by atoms with E-state index in [0.29, 0.717) is 0 Å². The van der Waals surface area contributed by atoms with E-state index >= 15 is 0 Å². The molecule has 6 heteroatoms. The van der Waals surface area contributed by atoms with E-state index in [2.05, 4.69) is 4.99 Å². The number of aliphatic imine (C=N–C) groups is 1. The van der Waals surface area contributed by atoms with Crippen LogP contribution in [0.4, 0.5) is 0 Å². The zero-order valence-electron chi connectivity index (χ0n) is 6.40. The summed E-state index contributed by atoms with van der Waals surface area (Å²) in [5, 5.41) is 4.81. The molecule has 0 aliphatic rings. The number of allylic oxidation sites excluding steroid dienone is 2. The lowest BCUT2D eigenvalue weighted by molar-refractivity contribution is 0.605. The average Bonchev–Trinajstić information content (AvgIpc) is 1.79. The van der Waals surface area contributed by atoms with E-state index < -0.39 is 10.0 Å². The third kappa shape index (κ3) is 3.15. The zero-order chi connectivity index (χ0) is 9.07. The monoisotopic (exact) mass is 177 g/mol. The van der Waals surface area contributed by atoms with Gasteiger partial charge in [0.25, 0.3) is 0 Å². The Kier molecular flexibility index (Phi) is 3.21. The fraction of sp³-hybridized carbons (Fsp3) is 0.400. The van der Waals surface area contributed by atoms with Gasteiger partial charge in [-0.15, -0.1) is 0 Å². The highest BCUT2D eigenvalue weighted by atomic mass is 32.2. The maximum Gasteiger partial charge on any atom is 0.241 e. The highest BCUT2D eigenvalue weighted by Crippen LogP contribution is 2.00. The molecule has 0 unspecified atom stereocenters. The fourth-order valence-electron chi connectivity index (χ4n) is 0.517. The van der Waals surface area contributed by atoms with Gasteiger partial charge in [0.15, 0.2) is 0 Å². The van der Waals surface area contributed by atoms with Gasteiger partial charge >= 0.3 is 0 Å². The second-order valence-corrected chi connectivity index (χ2v) is 3.51. The number of nitrogens with two attached hydrogens (primary N) is 2. The summed E-state index contributed by atoms with van der Waals surface area (Å²) in [6, 6.07) is 0. The number of rotatable bonds is 2. The van der Waals surface area contributed by atoms with Crippen LogP contribution in [0.25, 0.3) is 0 Å². The van der Waals surface area contributed by atoms with Crippen molar-refractivity contribution in [2.24, 2.45) is 15.9 Å². The molecule has 0 saturated heterocycles. The molecule has 0 radical (unpaired) electrons. The van der Waals surface area contributed by atoms with Crippen molar-refractivity contribution in [3.63, 3.8) is 0 Å². The van der Waals surface area contributed by atoms with Crippen LogP contribution in [-0.2, 0) is 10.0 Å². The van der Waals surface area contributed by atoms with Crippen LogP contribution in [0.2, 0.25) is 0 Å². The van der Waals surface area contributed by atoms with Crippen LogP contribution in [0.5, 0.6) is 0 Å². The standard InChI is InChI=1S/C5H11N3O2S/c1-4(6)5(3-8-2)11(7,9)10/h3H,6H2,1-2H3,(H2,7,9,10)/b5-4+,8-3?. The molecule has 0 bridgehead atoms. The third-order valence-electron chi connectivity index (χ3n) is 0.942. The first-order valence-electron chi connectivity index (χ1n) is 2.81. The molecule has 4 N–H and O–H groups in total. The van der Waals surface area contributed by atoms with E-state index in [9.17, 15) is 8.42 Å². The molecule has 0 rings (SSSR count). The van der Waals surface area contributed by atoms with Crippen LogP contribution in [-0.4, -0.2) is 21.7 Å². The van der Waals surface area contributed by atoms with Crippen molar-refractivity contribution in [1.82, 2.24) is 0 Å². The summed E-state index contributed by atoms with van der Waals surface area (Å²) in [7, 11) is -2.28. The van der Waals surface area contributed by atoms with E-state index in [1.54, 1.807) is 0 Å². The van der Waals surface area contributed by atoms with Crippen molar-refractivity contribution in [1.29, 1.82) is 0 Å². The Hall–Kier alpha value is -0.880. The highest BCUT2D eigenvalue weighted by Gasteiger charge is 2.10. The first-order valence-corrected chi connectivity index (χ1v) is 4.35. The van der Waals surface area contributed by atoms with Gasteiger partial charge < -0.3 is 5.73 Å². The molecule has 0 aromatic carbocycles. The number of hydrogen-bond donors (Lipinski definition) is 2. The van der Waals surface area contributed by atoms with Crippen LogP contribution in [0, 0.1) is 0 Å². The van der Waals surface area contributed by atoms with Crippen LogP contribution in [0.1, 0.15) is 6.92 Å². The van der Waals surface area contributed by atoms with Gasteiger partial charge in [0.05, 0.1) is 0 Å². The van der Waals surface area contributed by atoms with E-state index in [1.165, 1.54) is 14.0 Å². The smallest absolute Gasteiger partial charge is 0.241 e. The SMILES string of the molecule is CN=C/C(=C(/C)N)S(N)(=O)=O. The van der Waals surface area contributed by atoms with Gasteiger partial charge in [0.2, 0.25) is 10.0 Å². The second kappa shape index (κ2) is 3.49. The molecular formula is C5H11N3O2S. The van der Waals surface area contributed by atoms with Crippen LogP contribution < -0.4 is 10.9 Å². The zero-order valence-corrected chi connectivity index (χ0v) is 7.22. The molecule has 0 amide bonds. The van der Waals surface area contributed by atoms with Gasteiger partial charge in [-0.3, -0.25) is 4.99 Å². The van der Waals surface area contributed by atoms with Gasteiger partial charge in [-0.25, -0.2) is 13.6 Å². The van der Waals surface area contributed by atoms with Crippen molar-refractivity contribution in [2.75, 3.05) is 7.05 Å². The fourth-order valence-corrected chi connectivity index (χ4v) is 1.22. The molecule has 0 aliphatic carbocycles. The minimum Gasteiger partial charge on any atom is -0.401 e. The summed E-state index contributed by atoms with van der Waals surface area (Å²) in [5.74, 6) is 0. The molecule has 0 aromatic heterocycles. The summed E-state index contributed by atoms with van der Waals surface area (Å²) < 4.78 is 21.4. The van der Waals surface area contributed by atoms with E-state index in [1.807, 2.05) is 0 Å². The normalized spacial score (nSPS) is 15.2. The number of nitrogens with zero attached hydrogens (tertiary/aromatic N) is 1. The largest absolute Gasteiger partial charge is 0.401 e. The van der Waals surface area contributed by atoms with Crippen molar-refractivity contribution in [3.05, 3.63) is 10.6 Å². The summed E-state index contributed by atoms with van der Waals surface area (Å²) >= 11 is 0. The first-order chi connectivity index (χ1) is 4.89. The Morgan fingerprint density at radius 1 is 1.55 bits per heavy atom. The first kappa shape index (κ1) is 10.1. The Balaban J connectivity index is 5.14. The van der Waals surface area contributed by atoms with Crippen LogP contribution in [0.3, 0.4) is 0 Å². The summed E-state index contributed by atoms with van der Waals surface area (Å²) in [6.45, 7) is 1.45. The quantitative estimate of drug-likeness (QED) is 0.538. The van der Waals surface area contributed by atoms with E-state index in [4.69, 9.17) is 10.9 Å². The van der Waals surface area contributed by atoms with Crippen molar-refractivity contribution in [3.8, 4) is 0 Å². The number of hydrogen-bond acceptors (Lipinski definition) is 4. The highest BCUT2D eigenvalue weighted by molar-refractivity contribution is 7.94. The molecule has 11 heavy (non-hydrogen) atoms. The van der Waals surface area contributed by atoms with Crippen LogP contribution >= 0.6 is 0 Å². The van der Waals surface area contributed by atoms with Crippen molar-refractivity contribution < 1.29 is 8.42 Å². The predicted octanol–water partition coefficient (Wildman–Crippen LogP) is -0.834. The lowest BCUT2D eigenvalue weighted by Crippen LogP contribution is -2.19. The minimum atomic E-state index is -3.72. The molecule has 0 fully saturated rings. The lowest BCUT2D eigenvalue weighted by atomic mass is 10.5. The van der Waals surface area contributed by atoms with Crippen molar-refractivity contribution >= 4 is 16.2 Å². The molecular weight excluding hydrogens is 166 g/mol.